The smallest absolute Gasteiger partial charge is 0.303 e. The zero-order valence-corrected chi connectivity index (χ0v) is 9.59. The lowest BCUT2D eigenvalue weighted by molar-refractivity contribution is -0.137. The van der Waals surface area contributed by atoms with E-state index in [2.05, 4.69) is 13.8 Å². The van der Waals surface area contributed by atoms with E-state index in [0.29, 0.717) is 6.42 Å². The first-order valence-electron chi connectivity index (χ1n) is 5.92. The van der Waals surface area contributed by atoms with Gasteiger partial charge in [0.2, 0.25) is 0 Å². The van der Waals surface area contributed by atoms with Gasteiger partial charge in [-0.15, -0.1) is 0 Å². The molecule has 1 atom stereocenters. The number of unbranched alkanes of at least 4 members (excludes halogenated alkanes) is 2. The first-order chi connectivity index (χ1) is 6.70. The van der Waals surface area contributed by atoms with Crippen LogP contribution in [0.15, 0.2) is 0 Å². The summed E-state index contributed by atoms with van der Waals surface area (Å²) in [7, 11) is 0. The summed E-state index contributed by atoms with van der Waals surface area (Å²) in [5.41, 5.74) is 0. The number of aliphatic carboxylic acids is 1. The fourth-order valence-electron chi connectivity index (χ4n) is 1.85. The van der Waals surface area contributed by atoms with E-state index in [-0.39, 0.29) is 0 Å². The second-order valence-corrected chi connectivity index (χ2v) is 4.06. The molecule has 0 aromatic heterocycles. The first kappa shape index (κ1) is 13.5. The molecule has 0 saturated carbocycles. The van der Waals surface area contributed by atoms with Crippen LogP contribution in [0.2, 0.25) is 0 Å². The van der Waals surface area contributed by atoms with Gasteiger partial charge in [-0.25, -0.2) is 0 Å². The second kappa shape index (κ2) is 9.04. The van der Waals surface area contributed by atoms with Crippen LogP contribution in [0.3, 0.4) is 0 Å². The van der Waals surface area contributed by atoms with Crippen molar-refractivity contribution in [3.8, 4) is 0 Å². The summed E-state index contributed by atoms with van der Waals surface area (Å²) >= 11 is 0. The molecule has 2 nitrogen and oxygen atoms in total. The Morgan fingerprint density at radius 2 is 1.86 bits per heavy atom. The van der Waals surface area contributed by atoms with Crippen LogP contribution in [0.25, 0.3) is 0 Å². The van der Waals surface area contributed by atoms with Crippen LogP contribution in [-0.4, -0.2) is 11.1 Å². The molecule has 0 aliphatic heterocycles. The van der Waals surface area contributed by atoms with Crippen molar-refractivity contribution >= 4 is 5.97 Å². The molecule has 0 rings (SSSR count). The van der Waals surface area contributed by atoms with Gasteiger partial charge in [0.1, 0.15) is 0 Å². The molecule has 0 aromatic rings. The van der Waals surface area contributed by atoms with E-state index in [4.69, 9.17) is 5.11 Å². The van der Waals surface area contributed by atoms with Crippen molar-refractivity contribution in [1.29, 1.82) is 0 Å². The van der Waals surface area contributed by atoms with E-state index in [9.17, 15) is 4.79 Å². The molecular formula is C12H24O2. The highest BCUT2D eigenvalue weighted by molar-refractivity contribution is 5.66. The summed E-state index contributed by atoms with van der Waals surface area (Å²) in [5.74, 6) is 0.204. The average molecular weight is 200 g/mol. The predicted molar refractivity (Wildman–Crippen MR) is 59.4 cm³/mol. The molecule has 0 radical (unpaired) electrons. The summed E-state index contributed by atoms with van der Waals surface area (Å²) in [6.45, 7) is 4.48. The lowest BCUT2D eigenvalue weighted by Crippen LogP contribution is -1.99. The Bertz CT molecular complexity index is 143. The molecule has 2 heteroatoms. The fraction of sp³-hybridized carbons (Fsp3) is 0.917. The fourth-order valence-corrected chi connectivity index (χ4v) is 1.85. The Hall–Kier alpha value is -0.530. The Kier molecular flexibility index (Phi) is 8.70. The largest absolute Gasteiger partial charge is 0.481 e. The van der Waals surface area contributed by atoms with Gasteiger partial charge in [-0.05, 0) is 12.3 Å². The van der Waals surface area contributed by atoms with E-state index in [1.165, 1.54) is 32.1 Å². The highest BCUT2D eigenvalue weighted by Crippen LogP contribution is 2.18. The summed E-state index contributed by atoms with van der Waals surface area (Å²) in [6.07, 6.45) is 8.61. The molecule has 0 amide bonds. The molecule has 14 heavy (non-hydrogen) atoms. The third kappa shape index (κ3) is 8.09. The van der Waals surface area contributed by atoms with Crippen molar-refractivity contribution < 1.29 is 9.90 Å². The van der Waals surface area contributed by atoms with Gasteiger partial charge < -0.3 is 5.11 Å². The molecule has 0 heterocycles. The first-order valence-corrected chi connectivity index (χ1v) is 5.92. The van der Waals surface area contributed by atoms with Crippen molar-refractivity contribution in [3.05, 3.63) is 0 Å². The van der Waals surface area contributed by atoms with Crippen LogP contribution in [0.5, 0.6) is 0 Å². The van der Waals surface area contributed by atoms with Gasteiger partial charge in [-0.2, -0.15) is 0 Å². The molecule has 0 spiro atoms. The highest BCUT2D eigenvalue weighted by Gasteiger charge is 2.04. The maximum Gasteiger partial charge on any atom is 0.303 e. The maximum absolute atomic E-state index is 10.3. The quantitative estimate of drug-likeness (QED) is 0.574. The molecule has 0 aliphatic carbocycles. The summed E-state index contributed by atoms with van der Waals surface area (Å²) in [5, 5.41) is 8.45. The molecule has 84 valence electrons. The minimum Gasteiger partial charge on any atom is -0.481 e. The Morgan fingerprint density at radius 1 is 1.14 bits per heavy atom. The van der Waals surface area contributed by atoms with E-state index >= 15 is 0 Å². The monoisotopic (exact) mass is 200 g/mol. The normalized spacial score (nSPS) is 12.7. The van der Waals surface area contributed by atoms with Crippen molar-refractivity contribution in [2.24, 2.45) is 5.92 Å². The molecule has 1 unspecified atom stereocenters. The molecule has 0 aliphatic rings. The van der Waals surface area contributed by atoms with Crippen LogP contribution in [-0.2, 0) is 4.79 Å². The van der Waals surface area contributed by atoms with Gasteiger partial charge in [0.05, 0.1) is 0 Å². The molecule has 0 saturated heterocycles. The minimum atomic E-state index is -0.661. The lowest BCUT2D eigenvalue weighted by atomic mass is 9.94. The number of carbonyl (C=O) groups is 1. The third-order valence-corrected chi connectivity index (χ3v) is 2.78. The minimum absolute atomic E-state index is 0.338. The average Bonchev–Trinajstić information content (AvgIpc) is 2.15. The van der Waals surface area contributed by atoms with Gasteiger partial charge in [0.25, 0.3) is 0 Å². The van der Waals surface area contributed by atoms with E-state index in [1.807, 2.05) is 0 Å². The van der Waals surface area contributed by atoms with E-state index in [1.54, 1.807) is 0 Å². The number of carboxylic acid groups (broad SMARTS) is 1. The van der Waals surface area contributed by atoms with Crippen LogP contribution in [0, 0.1) is 5.92 Å². The second-order valence-electron chi connectivity index (χ2n) is 4.06. The lowest BCUT2D eigenvalue weighted by Gasteiger charge is -2.12. The number of hydrogen-bond donors (Lipinski definition) is 1. The van der Waals surface area contributed by atoms with E-state index in [0.717, 1.165) is 18.8 Å². The Labute approximate surface area is 87.7 Å². The van der Waals surface area contributed by atoms with Crippen molar-refractivity contribution in [2.75, 3.05) is 0 Å². The SMILES string of the molecule is CCCC(CC)CCCCCC(=O)O. The Morgan fingerprint density at radius 3 is 2.36 bits per heavy atom. The third-order valence-electron chi connectivity index (χ3n) is 2.78. The van der Waals surface area contributed by atoms with Gasteiger partial charge in [0, 0.05) is 6.42 Å². The number of hydrogen-bond acceptors (Lipinski definition) is 1. The highest BCUT2D eigenvalue weighted by atomic mass is 16.4. The van der Waals surface area contributed by atoms with Crippen LogP contribution in [0.1, 0.15) is 65.2 Å². The van der Waals surface area contributed by atoms with Crippen LogP contribution < -0.4 is 0 Å². The van der Waals surface area contributed by atoms with Crippen LogP contribution >= 0.6 is 0 Å². The number of rotatable bonds is 9. The summed E-state index contributed by atoms with van der Waals surface area (Å²) < 4.78 is 0. The molecule has 0 fully saturated rings. The molecule has 0 bridgehead atoms. The maximum atomic E-state index is 10.3. The van der Waals surface area contributed by atoms with Crippen molar-refractivity contribution in [2.45, 2.75) is 65.2 Å². The Balaban J connectivity index is 3.28. The van der Waals surface area contributed by atoms with E-state index < -0.39 is 5.97 Å². The zero-order valence-electron chi connectivity index (χ0n) is 9.59. The van der Waals surface area contributed by atoms with Gasteiger partial charge in [0.15, 0.2) is 0 Å². The summed E-state index contributed by atoms with van der Waals surface area (Å²) in [6, 6.07) is 0. The molecule has 0 aromatic carbocycles. The van der Waals surface area contributed by atoms with Gasteiger partial charge in [-0.1, -0.05) is 52.4 Å². The molecule has 1 N–H and O–H groups in total. The van der Waals surface area contributed by atoms with Crippen molar-refractivity contribution in [3.63, 3.8) is 0 Å². The van der Waals surface area contributed by atoms with Gasteiger partial charge >= 0.3 is 5.97 Å². The standard InChI is InChI=1S/C12H24O2/c1-3-8-11(4-2)9-6-5-7-10-12(13)14/h11H,3-10H2,1-2H3,(H,13,14). The summed E-state index contributed by atoms with van der Waals surface area (Å²) in [4.78, 5) is 10.3. The van der Waals surface area contributed by atoms with Crippen molar-refractivity contribution in [1.82, 2.24) is 0 Å². The van der Waals surface area contributed by atoms with Crippen LogP contribution in [0.4, 0.5) is 0 Å². The zero-order chi connectivity index (χ0) is 10.8. The number of carboxylic acids is 1. The molecular weight excluding hydrogens is 176 g/mol. The topological polar surface area (TPSA) is 37.3 Å². The van der Waals surface area contributed by atoms with Gasteiger partial charge in [-0.3, -0.25) is 4.79 Å². The predicted octanol–water partition coefficient (Wildman–Crippen LogP) is 3.85.